The molecule has 0 radical (unpaired) electrons. The summed E-state index contributed by atoms with van der Waals surface area (Å²) in [5.41, 5.74) is 17.3. The Labute approximate surface area is 205 Å². The van der Waals surface area contributed by atoms with E-state index >= 15 is 0 Å². The number of hydrogen-bond donors (Lipinski definition) is 2. The van der Waals surface area contributed by atoms with E-state index in [4.69, 9.17) is 16.5 Å². The first-order valence-electron chi connectivity index (χ1n) is 12.2. The zero-order chi connectivity index (χ0) is 24.7. The van der Waals surface area contributed by atoms with Crippen LogP contribution in [0.4, 0.5) is 0 Å². The fraction of sp³-hybridized carbons (Fsp3) is 0.310. The van der Waals surface area contributed by atoms with Gasteiger partial charge in [-0.15, -0.1) is 0 Å². The van der Waals surface area contributed by atoms with Crippen LogP contribution in [-0.4, -0.2) is 21.7 Å². The molecule has 2 unspecified atom stereocenters. The Morgan fingerprint density at radius 1 is 0.971 bits per heavy atom. The number of aryl methyl sites for hydroxylation is 1. The van der Waals surface area contributed by atoms with E-state index in [1.54, 1.807) is 36.5 Å². The summed E-state index contributed by atoms with van der Waals surface area (Å²) in [6.45, 7) is 3.92. The minimum absolute atomic E-state index is 0.164. The first-order chi connectivity index (χ1) is 16.8. The third-order valence-electron chi connectivity index (χ3n) is 7.48. The van der Waals surface area contributed by atoms with Gasteiger partial charge in [-0.3, -0.25) is 19.6 Å². The molecule has 1 aromatic carbocycles. The molecule has 0 bridgehead atoms. The van der Waals surface area contributed by atoms with E-state index in [-0.39, 0.29) is 17.1 Å². The maximum Gasteiger partial charge on any atom is 0.248 e. The number of ketones is 1. The molecule has 2 aliphatic carbocycles. The number of carbonyl (C=O) groups is 2. The van der Waals surface area contributed by atoms with E-state index in [0.717, 1.165) is 42.5 Å². The lowest BCUT2D eigenvalue weighted by Crippen LogP contribution is -2.21. The molecule has 0 spiro atoms. The molecule has 2 aromatic heterocycles. The van der Waals surface area contributed by atoms with Gasteiger partial charge in [0.1, 0.15) is 0 Å². The van der Waals surface area contributed by atoms with Gasteiger partial charge in [0.15, 0.2) is 5.78 Å². The van der Waals surface area contributed by atoms with E-state index < -0.39 is 5.91 Å². The molecular formula is C29H30N4O2. The minimum Gasteiger partial charge on any atom is -0.402 e. The Morgan fingerprint density at radius 2 is 1.69 bits per heavy atom. The Bertz CT molecular complexity index is 1320. The molecule has 2 atom stereocenters. The summed E-state index contributed by atoms with van der Waals surface area (Å²) in [7, 11) is 0. The normalized spacial score (nSPS) is 21.8. The van der Waals surface area contributed by atoms with Crippen LogP contribution in [0.25, 0.3) is 5.57 Å². The lowest BCUT2D eigenvalue weighted by molar-refractivity contribution is 0.0874. The van der Waals surface area contributed by atoms with Crippen molar-refractivity contribution in [2.24, 2.45) is 22.8 Å². The fourth-order valence-electron chi connectivity index (χ4n) is 5.34. The predicted molar refractivity (Wildman–Crippen MR) is 136 cm³/mol. The van der Waals surface area contributed by atoms with Crippen molar-refractivity contribution in [3.63, 3.8) is 0 Å². The SMILES string of the molecule is CCc1ccc(C2CC2(C(=O)c2ccnc(C(=C(C)N)c3ccc(C(N)=O)cc3)c2)C2CC2)nc1. The average Bonchev–Trinajstić information content (AvgIpc) is 3.78. The van der Waals surface area contributed by atoms with Gasteiger partial charge in [-0.05, 0) is 80.0 Å². The minimum atomic E-state index is -0.486. The molecular weight excluding hydrogens is 436 g/mol. The molecule has 3 aromatic rings. The van der Waals surface area contributed by atoms with Crippen molar-refractivity contribution in [1.82, 2.24) is 9.97 Å². The zero-order valence-electron chi connectivity index (χ0n) is 20.1. The van der Waals surface area contributed by atoms with Gasteiger partial charge in [-0.25, -0.2) is 0 Å². The van der Waals surface area contributed by atoms with Crippen LogP contribution in [0, 0.1) is 11.3 Å². The van der Waals surface area contributed by atoms with Crippen molar-refractivity contribution in [2.45, 2.75) is 45.4 Å². The van der Waals surface area contributed by atoms with Crippen LogP contribution in [0.1, 0.15) is 82.3 Å². The molecule has 2 heterocycles. The molecule has 6 heteroatoms. The fourth-order valence-corrected chi connectivity index (χ4v) is 5.34. The number of benzene rings is 1. The lowest BCUT2D eigenvalue weighted by Gasteiger charge is -2.17. The second kappa shape index (κ2) is 8.77. The molecule has 2 fully saturated rings. The summed E-state index contributed by atoms with van der Waals surface area (Å²) < 4.78 is 0. The summed E-state index contributed by atoms with van der Waals surface area (Å²) in [6, 6.07) is 14.8. The van der Waals surface area contributed by atoms with Gasteiger partial charge < -0.3 is 11.5 Å². The van der Waals surface area contributed by atoms with Gasteiger partial charge >= 0.3 is 0 Å². The number of aromatic nitrogens is 2. The molecule has 2 saturated carbocycles. The largest absolute Gasteiger partial charge is 0.402 e. The highest BCUT2D eigenvalue weighted by Crippen LogP contribution is 2.70. The van der Waals surface area contributed by atoms with Gasteiger partial charge in [0.2, 0.25) is 5.91 Å². The number of nitrogens with two attached hydrogens (primary N) is 2. The van der Waals surface area contributed by atoms with E-state index in [2.05, 4.69) is 24.0 Å². The molecule has 2 aliphatic rings. The smallest absolute Gasteiger partial charge is 0.248 e. The highest BCUT2D eigenvalue weighted by atomic mass is 16.1. The summed E-state index contributed by atoms with van der Waals surface area (Å²) in [4.78, 5) is 34.7. The summed E-state index contributed by atoms with van der Waals surface area (Å²) in [5, 5.41) is 0. The third-order valence-corrected chi connectivity index (χ3v) is 7.48. The predicted octanol–water partition coefficient (Wildman–Crippen LogP) is 4.64. The van der Waals surface area contributed by atoms with Gasteiger partial charge in [-0.2, -0.15) is 0 Å². The maximum atomic E-state index is 14.0. The van der Waals surface area contributed by atoms with E-state index in [0.29, 0.717) is 28.4 Å². The van der Waals surface area contributed by atoms with E-state index in [1.807, 2.05) is 19.2 Å². The van der Waals surface area contributed by atoms with Crippen LogP contribution in [0.5, 0.6) is 0 Å². The topological polar surface area (TPSA) is 112 Å². The Morgan fingerprint density at radius 3 is 2.26 bits per heavy atom. The quantitative estimate of drug-likeness (QED) is 0.470. The van der Waals surface area contributed by atoms with Crippen molar-refractivity contribution in [1.29, 1.82) is 0 Å². The maximum absolute atomic E-state index is 14.0. The number of amides is 1. The lowest BCUT2D eigenvalue weighted by atomic mass is 9.86. The summed E-state index contributed by atoms with van der Waals surface area (Å²) in [6.07, 6.45) is 7.59. The molecule has 0 aliphatic heterocycles. The first-order valence-corrected chi connectivity index (χ1v) is 12.2. The molecule has 35 heavy (non-hydrogen) atoms. The molecule has 4 N–H and O–H groups in total. The van der Waals surface area contributed by atoms with Crippen LogP contribution in [-0.2, 0) is 6.42 Å². The van der Waals surface area contributed by atoms with Crippen LogP contribution < -0.4 is 11.5 Å². The van der Waals surface area contributed by atoms with Gasteiger partial charge in [0.25, 0.3) is 0 Å². The number of hydrogen-bond acceptors (Lipinski definition) is 5. The monoisotopic (exact) mass is 466 g/mol. The molecule has 6 nitrogen and oxygen atoms in total. The number of primary amides is 1. The zero-order valence-corrected chi connectivity index (χ0v) is 20.1. The number of nitrogens with zero attached hydrogens (tertiary/aromatic N) is 2. The van der Waals surface area contributed by atoms with Crippen LogP contribution in [0.3, 0.4) is 0 Å². The standard InChI is InChI=1S/C29H30N4O2/c1-3-18-4-11-24(33-16-18)23-15-29(23,22-9-10-22)27(34)21-12-13-32-25(14-21)26(17(2)30)19-5-7-20(8-6-19)28(31)35/h4-8,11-14,16,22-23H,3,9-10,15,30H2,1-2H3,(H2,31,35). The second-order valence-electron chi connectivity index (χ2n) is 9.77. The molecule has 1 amide bonds. The van der Waals surface area contributed by atoms with E-state index in [9.17, 15) is 9.59 Å². The highest BCUT2D eigenvalue weighted by molar-refractivity contribution is 6.04. The first kappa shape index (κ1) is 23.0. The van der Waals surface area contributed by atoms with Gasteiger partial charge in [-0.1, -0.05) is 25.1 Å². The van der Waals surface area contributed by atoms with Gasteiger partial charge in [0, 0.05) is 51.8 Å². The number of allylic oxidation sites excluding steroid dienone is 1. The summed E-state index contributed by atoms with van der Waals surface area (Å²) >= 11 is 0. The summed E-state index contributed by atoms with van der Waals surface area (Å²) in [5.74, 6) is 0.267. The van der Waals surface area contributed by atoms with Crippen LogP contribution >= 0.6 is 0 Å². The Balaban J connectivity index is 1.47. The average molecular weight is 467 g/mol. The Hall–Kier alpha value is -3.80. The van der Waals surface area contributed by atoms with Crippen LogP contribution in [0.15, 0.2) is 66.6 Å². The second-order valence-corrected chi connectivity index (χ2v) is 9.77. The van der Waals surface area contributed by atoms with Gasteiger partial charge in [0.05, 0.1) is 5.69 Å². The highest BCUT2D eigenvalue weighted by Gasteiger charge is 2.67. The number of pyridine rings is 2. The van der Waals surface area contributed by atoms with E-state index in [1.165, 1.54) is 5.56 Å². The van der Waals surface area contributed by atoms with Crippen molar-refractivity contribution in [3.8, 4) is 0 Å². The van der Waals surface area contributed by atoms with Crippen molar-refractivity contribution in [3.05, 3.63) is 100 Å². The number of rotatable bonds is 8. The third kappa shape index (κ3) is 4.14. The molecule has 0 saturated heterocycles. The molecule has 5 rings (SSSR count). The Kier molecular flexibility index (Phi) is 5.75. The number of Topliss-reactive ketones (excluding diaryl/α,β-unsaturated/α-hetero) is 1. The number of carbonyl (C=O) groups excluding carboxylic acids is 2. The van der Waals surface area contributed by atoms with Crippen LogP contribution in [0.2, 0.25) is 0 Å². The van der Waals surface area contributed by atoms with Crippen molar-refractivity contribution >= 4 is 17.3 Å². The molecule has 178 valence electrons. The van der Waals surface area contributed by atoms with Crippen molar-refractivity contribution in [2.75, 3.05) is 0 Å². The van der Waals surface area contributed by atoms with Crippen molar-refractivity contribution < 1.29 is 9.59 Å².